The molecule has 1 atom stereocenters. The fourth-order valence-corrected chi connectivity index (χ4v) is 0.632. The summed E-state index contributed by atoms with van der Waals surface area (Å²) in [5.74, 6) is 0. The van der Waals surface area contributed by atoms with Crippen LogP contribution in [0.15, 0.2) is 18.4 Å². The lowest BCUT2D eigenvalue weighted by atomic mass is 10.3. The molecule has 0 spiro atoms. The summed E-state index contributed by atoms with van der Waals surface area (Å²) < 4.78 is 4.57. The van der Waals surface area contributed by atoms with Gasteiger partial charge in [0.15, 0.2) is 0 Å². The van der Waals surface area contributed by atoms with Gasteiger partial charge in [-0.2, -0.15) is 0 Å². The average Bonchev–Trinajstić information content (AvgIpc) is 2.17. The predicted octanol–water partition coefficient (Wildman–Crippen LogP) is 0.436. The minimum absolute atomic E-state index is 0.0324. The number of ether oxygens (including phenoxy) is 1. The Hall–Kier alpha value is -1.21. The minimum atomic E-state index is -0.369. The van der Waals surface area contributed by atoms with Gasteiger partial charge in [0.25, 0.3) is 0 Å². The summed E-state index contributed by atoms with van der Waals surface area (Å²) in [6, 6.07) is -0.0324. The first-order valence-corrected chi connectivity index (χ1v) is 2.62. The standard InChI is InChI=1S/C6H7NO2/c1-2-3-5-4-9-6(8)7-5/h3,5H,1,4H2,(H,7,8). The number of nitrogens with one attached hydrogen (secondary N) is 1. The van der Waals surface area contributed by atoms with E-state index in [0.29, 0.717) is 6.61 Å². The normalized spacial score (nSPS) is 24.0. The fourth-order valence-electron chi connectivity index (χ4n) is 0.632. The summed E-state index contributed by atoms with van der Waals surface area (Å²) in [5, 5.41) is 2.54. The smallest absolute Gasteiger partial charge is 0.407 e. The first-order valence-electron chi connectivity index (χ1n) is 2.62. The molecule has 1 heterocycles. The van der Waals surface area contributed by atoms with Gasteiger partial charge in [0.1, 0.15) is 6.61 Å². The second kappa shape index (κ2) is 2.37. The maximum Gasteiger partial charge on any atom is 0.407 e. The molecule has 9 heavy (non-hydrogen) atoms. The van der Waals surface area contributed by atoms with Crippen LogP contribution in [0, 0.1) is 0 Å². The number of rotatable bonds is 1. The van der Waals surface area contributed by atoms with E-state index in [1.54, 1.807) is 6.08 Å². The zero-order chi connectivity index (χ0) is 6.69. The highest BCUT2D eigenvalue weighted by Crippen LogP contribution is 1.96. The van der Waals surface area contributed by atoms with E-state index in [1.807, 2.05) is 0 Å². The molecule has 1 amide bonds. The Morgan fingerprint density at radius 2 is 2.78 bits per heavy atom. The van der Waals surface area contributed by atoms with Gasteiger partial charge in [0.2, 0.25) is 0 Å². The zero-order valence-electron chi connectivity index (χ0n) is 4.89. The second-order valence-electron chi connectivity index (χ2n) is 1.72. The van der Waals surface area contributed by atoms with Crippen LogP contribution in [0.25, 0.3) is 0 Å². The molecule has 1 rings (SSSR count). The van der Waals surface area contributed by atoms with Gasteiger partial charge in [0.05, 0.1) is 6.04 Å². The molecule has 1 fully saturated rings. The molecule has 1 saturated heterocycles. The average molecular weight is 125 g/mol. The first-order chi connectivity index (χ1) is 4.33. The number of carbonyl (C=O) groups excluding carboxylic acids is 1. The molecule has 1 N–H and O–H groups in total. The Kier molecular flexibility index (Phi) is 1.56. The van der Waals surface area contributed by atoms with E-state index in [9.17, 15) is 4.79 Å². The van der Waals surface area contributed by atoms with Gasteiger partial charge in [-0.15, -0.1) is 5.73 Å². The Balaban J connectivity index is 2.48. The van der Waals surface area contributed by atoms with Crippen molar-refractivity contribution in [1.82, 2.24) is 5.32 Å². The van der Waals surface area contributed by atoms with E-state index in [2.05, 4.69) is 22.4 Å². The molecule has 0 bridgehead atoms. The number of carbonyl (C=O) groups is 1. The van der Waals surface area contributed by atoms with Crippen molar-refractivity contribution in [2.75, 3.05) is 6.61 Å². The van der Waals surface area contributed by atoms with Crippen LogP contribution < -0.4 is 5.32 Å². The van der Waals surface area contributed by atoms with Gasteiger partial charge in [-0.3, -0.25) is 0 Å². The number of alkyl carbamates (subject to hydrolysis) is 1. The van der Waals surface area contributed by atoms with Crippen LogP contribution in [0.2, 0.25) is 0 Å². The van der Waals surface area contributed by atoms with Crippen LogP contribution in [0.1, 0.15) is 0 Å². The molecule has 1 unspecified atom stereocenters. The highest BCUT2D eigenvalue weighted by Gasteiger charge is 2.18. The van der Waals surface area contributed by atoms with Crippen LogP contribution in [-0.4, -0.2) is 18.7 Å². The number of cyclic esters (lactones) is 1. The summed E-state index contributed by atoms with van der Waals surface area (Å²) in [5.41, 5.74) is 2.56. The summed E-state index contributed by atoms with van der Waals surface area (Å²) in [6.45, 7) is 3.75. The highest BCUT2D eigenvalue weighted by molar-refractivity contribution is 5.69. The van der Waals surface area contributed by atoms with Crippen molar-refractivity contribution in [2.24, 2.45) is 0 Å². The highest BCUT2D eigenvalue weighted by atomic mass is 16.6. The Bertz CT molecular complexity index is 170. The molecule has 1 aliphatic rings. The van der Waals surface area contributed by atoms with Crippen LogP contribution in [0.5, 0.6) is 0 Å². The molecule has 0 saturated carbocycles. The largest absolute Gasteiger partial charge is 0.447 e. The Labute approximate surface area is 53.0 Å². The molecule has 0 aromatic heterocycles. The van der Waals surface area contributed by atoms with Crippen molar-refractivity contribution in [1.29, 1.82) is 0 Å². The van der Waals surface area contributed by atoms with Crippen molar-refractivity contribution in [2.45, 2.75) is 6.04 Å². The lowest BCUT2D eigenvalue weighted by Crippen LogP contribution is -2.23. The van der Waals surface area contributed by atoms with Crippen molar-refractivity contribution >= 4 is 6.09 Å². The molecule has 3 nitrogen and oxygen atoms in total. The van der Waals surface area contributed by atoms with Gasteiger partial charge < -0.3 is 10.1 Å². The van der Waals surface area contributed by atoms with E-state index in [1.165, 1.54) is 0 Å². The Morgan fingerprint density at radius 3 is 3.22 bits per heavy atom. The SMILES string of the molecule is C=C=CC1COC(=O)N1. The van der Waals surface area contributed by atoms with Gasteiger partial charge in [-0.05, 0) is 6.08 Å². The van der Waals surface area contributed by atoms with Gasteiger partial charge in [-0.25, -0.2) is 4.79 Å². The monoisotopic (exact) mass is 125 g/mol. The van der Waals surface area contributed by atoms with Crippen LogP contribution in [-0.2, 0) is 4.74 Å². The van der Waals surface area contributed by atoms with Gasteiger partial charge >= 0.3 is 6.09 Å². The van der Waals surface area contributed by atoms with E-state index >= 15 is 0 Å². The molecule has 0 aromatic rings. The van der Waals surface area contributed by atoms with E-state index < -0.39 is 0 Å². The van der Waals surface area contributed by atoms with Crippen molar-refractivity contribution in [3.05, 3.63) is 18.4 Å². The third kappa shape index (κ3) is 1.34. The molecule has 0 aromatic carbocycles. The Morgan fingerprint density at radius 1 is 2.00 bits per heavy atom. The van der Waals surface area contributed by atoms with E-state index in [0.717, 1.165) is 0 Å². The molecule has 3 heteroatoms. The van der Waals surface area contributed by atoms with Crippen LogP contribution in [0.4, 0.5) is 4.79 Å². The van der Waals surface area contributed by atoms with Crippen molar-refractivity contribution < 1.29 is 9.53 Å². The summed E-state index contributed by atoms with van der Waals surface area (Å²) >= 11 is 0. The minimum Gasteiger partial charge on any atom is -0.447 e. The lowest BCUT2D eigenvalue weighted by Gasteiger charge is -1.93. The molecular weight excluding hydrogens is 118 g/mol. The van der Waals surface area contributed by atoms with Crippen molar-refractivity contribution in [3.63, 3.8) is 0 Å². The van der Waals surface area contributed by atoms with Crippen LogP contribution in [0.3, 0.4) is 0 Å². The summed E-state index contributed by atoms with van der Waals surface area (Å²) in [4.78, 5) is 10.3. The fraction of sp³-hybridized carbons (Fsp3) is 0.333. The molecule has 48 valence electrons. The van der Waals surface area contributed by atoms with E-state index in [4.69, 9.17) is 0 Å². The number of amides is 1. The first kappa shape index (κ1) is 5.92. The third-order valence-electron chi connectivity index (χ3n) is 1.02. The lowest BCUT2D eigenvalue weighted by molar-refractivity contribution is 0.177. The maximum absolute atomic E-state index is 10.3. The molecule has 0 aliphatic carbocycles. The zero-order valence-corrected chi connectivity index (χ0v) is 4.89. The number of hydrogen-bond acceptors (Lipinski definition) is 2. The van der Waals surface area contributed by atoms with Crippen molar-refractivity contribution in [3.8, 4) is 0 Å². The predicted molar refractivity (Wildman–Crippen MR) is 32.0 cm³/mol. The third-order valence-corrected chi connectivity index (χ3v) is 1.02. The summed E-state index contributed by atoms with van der Waals surface area (Å²) in [6.07, 6.45) is 1.29. The molecule has 0 radical (unpaired) electrons. The second-order valence-corrected chi connectivity index (χ2v) is 1.72. The molecular formula is C6H7NO2. The number of hydrogen-bond donors (Lipinski definition) is 1. The van der Waals surface area contributed by atoms with Gasteiger partial charge in [-0.1, -0.05) is 6.58 Å². The quantitative estimate of drug-likeness (QED) is 0.516. The van der Waals surface area contributed by atoms with Crippen LogP contribution >= 0.6 is 0 Å². The molecule has 1 aliphatic heterocycles. The maximum atomic E-state index is 10.3. The summed E-state index contributed by atoms with van der Waals surface area (Å²) in [7, 11) is 0. The topological polar surface area (TPSA) is 38.3 Å². The van der Waals surface area contributed by atoms with Gasteiger partial charge in [0, 0.05) is 0 Å². The van der Waals surface area contributed by atoms with E-state index in [-0.39, 0.29) is 12.1 Å².